The van der Waals surface area contributed by atoms with Crippen LogP contribution in [0, 0.1) is 18.3 Å². The van der Waals surface area contributed by atoms with Gasteiger partial charge >= 0.3 is 0 Å². The molecule has 70 valence electrons. The van der Waals surface area contributed by atoms with Crippen LogP contribution in [-0.2, 0) is 0 Å². The van der Waals surface area contributed by atoms with E-state index in [1.807, 2.05) is 24.3 Å². The van der Waals surface area contributed by atoms with E-state index in [4.69, 9.17) is 6.42 Å². The van der Waals surface area contributed by atoms with E-state index in [1.54, 1.807) is 0 Å². The molecule has 1 aliphatic carbocycles. The van der Waals surface area contributed by atoms with Gasteiger partial charge in [0.05, 0.1) is 0 Å². The van der Waals surface area contributed by atoms with E-state index in [2.05, 4.69) is 5.92 Å². The molecule has 0 atom stereocenters. The lowest BCUT2D eigenvalue weighted by Gasteiger charge is -2.23. The third kappa shape index (κ3) is 1.56. The second kappa shape index (κ2) is 3.67. The average molecular weight is 184 g/mol. The molecule has 1 saturated carbocycles. The predicted molar refractivity (Wildman–Crippen MR) is 56.0 cm³/mol. The Morgan fingerprint density at radius 3 is 2.36 bits per heavy atom. The van der Waals surface area contributed by atoms with Crippen molar-refractivity contribution >= 4 is 5.78 Å². The molecule has 1 aromatic carbocycles. The van der Waals surface area contributed by atoms with E-state index < -0.39 is 0 Å². The van der Waals surface area contributed by atoms with E-state index >= 15 is 0 Å². The van der Waals surface area contributed by atoms with Crippen LogP contribution in [0.25, 0.3) is 0 Å². The lowest BCUT2D eigenvalue weighted by atomic mass is 9.80. The van der Waals surface area contributed by atoms with Crippen molar-refractivity contribution in [2.45, 2.75) is 19.3 Å². The van der Waals surface area contributed by atoms with Crippen LogP contribution < -0.4 is 0 Å². The third-order valence-electron chi connectivity index (χ3n) is 2.81. The molecule has 2 rings (SSSR count). The third-order valence-corrected chi connectivity index (χ3v) is 2.81. The molecule has 0 N–H and O–H groups in total. The minimum absolute atomic E-state index is 0.270. The molecule has 14 heavy (non-hydrogen) atoms. The number of carbonyl (C=O) groups is 1. The molecular weight excluding hydrogens is 172 g/mol. The summed E-state index contributed by atoms with van der Waals surface area (Å²) in [4.78, 5) is 11.8. The predicted octanol–water partition coefficient (Wildman–Crippen LogP) is 2.65. The Bertz CT molecular complexity index is 377. The maximum absolute atomic E-state index is 11.8. The van der Waals surface area contributed by atoms with E-state index in [9.17, 15) is 4.79 Å². The fourth-order valence-electron chi connectivity index (χ4n) is 1.64. The highest BCUT2D eigenvalue weighted by molar-refractivity contribution is 5.98. The number of benzene rings is 1. The molecule has 0 spiro atoms. The molecule has 0 saturated heterocycles. The van der Waals surface area contributed by atoms with Gasteiger partial charge in [0.2, 0.25) is 0 Å². The Hall–Kier alpha value is -1.55. The van der Waals surface area contributed by atoms with Gasteiger partial charge in [-0.3, -0.25) is 4.79 Å². The van der Waals surface area contributed by atoms with Gasteiger partial charge in [0.15, 0.2) is 5.78 Å². The molecule has 0 aromatic heterocycles. The van der Waals surface area contributed by atoms with Gasteiger partial charge in [0.1, 0.15) is 0 Å². The average Bonchev–Trinajstić information content (AvgIpc) is 2.15. The summed E-state index contributed by atoms with van der Waals surface area (Å²) in [5, 5.41) is 0. The van der Waals surface area contributed by atoms with Crippen LogP contribution in [0.5, 0.6) is 0 Å². The molecule has 1 aliphatic rings. The van der Waals surface area contributed by atoms with Gasteiger partial charge in [0, 0.05) is 17.0 Å². The normalized spacial score (nSPS) is 15.6. The summed E-state index contributed by atoms with van der Waals surface area (Å²) in [5.41, 5.74) is 1.63. The van der Waals surface area contributed by atoms with E-state index in [0.29, 0.717) is 0 Å². The topological polar surface area (TPSA) is 17.1 Å². The molecule has 0 aliphatic heterocycles. The van der Waals surface area contributed by atoms with Crippen LogP contribution in [0.2, 0.25) is 0 Å². The summed E-state index contributed by atoms with van der Waals surface area (Å²) in [6, 6.07) is 7.31. The van der Waals surface area contributed by atoms with Crippen LogP contribution >= 0.6 is 0 Å². The molecular formula is C13H12O. The standard InChI is InChI=1S/C13H12O/c1-2-10-6-8-12(9-7-10)13(14)11-4-3-5-11/h1,6-9,11H,3-5H2. The van der Waals surface area contributed by atoms with E-state index in [1.165, 1.54) is 6.42 Å². The van der Waals surface area contributed by atoms with E-state index in [-0.39, 0.29) is 11.7 Å². The van der Waals surface area contributed by atoms with Crippen molar-refractivity contribution in [3.8, 4) is 12.3 Å². The zero-order valence-corrected chi connectivity index (χ0v) is 7.99. The number of hydrogen-bond donors (Lipinski definition) is 0. The van der Waals surface area contributed by atoms with Crippen molar-refractivity contribution in [3.05, 3.63) is 35.4 Å². The SMILES string of the molecule is C#Cc1ccc(C(=O)C2CCC2)cc1. The van der Waals surface area contributed by atoms with Gasteiger partial charge in [-0.25, -0.2) is 0 Å². The van der Waals surface area contributed by atoms with E-state index in [0.717, 1.165) is 24.0 Å². The smallest absolute Gasteiger partial charge is 0.165 e. The monoisotopic (exact) mass is 184 g/mol. The van der Waals surface area contributed by atoms with Crippen molar-refractivity contribution in [2.24, 2.45) is 5.92 Å². The number of terminal acetylenes is 1. The molecule has 1 nitrogen and oxygen atoms in total. The summed E-state index contributed by atoms with van der Waals surface area (Å²) < 4.78 is 0. The van der Waals surface area contributed by atoms with Crippen molar-refractivity contribution in [1.82, 2.24) is 0 Å². The van der Waals surface area contributed by atoms with Gasteiger partial charge in [0.25, 0.3) is 0 Å². The van der Waals surface area contributed by atoms with Gasteiger partial charge < -0.3 is 0 Å². The van der Waals surface area contributed by atoms with Gasteiger partial charge in [-0.05, 0) is 25.0 Å². The molecule has 0 radical (unpaired) electrons. The summed E-state index contributed by atoms with van der Waals surface area (Å²) in [7, 11) is 0. The number of ketones is 1. The van der Waals surface area contributed by atoms with Crippen LogP contribution in [0.15, 0.2) is 24.3 Å². The number of Topliss-reactive ketones (excluding diaryl/α,β-unsaturated/α-hetero) is 1. The van der Waals surface area contributed by atoms with Crippen LogP contribution in [0.1, 0.15) is 35.2 Å². The molecule has 0 unspecified atom stereocenters. The summed E-state index contributed by atoms with van der Waals surface area (Å²) in [6.45, 7) is 0. The number of carbonyl (C=O) groups excluding carboxylic acids is 1. The first kappa shape index (κ1) is 9.02. The van der Waals surface area contributed by atoms with Gasteiger partial charge in [-0.2, -0.15) is 0 Å². The highest BCUT2D eigenvalue weighted by Gasteiger charge is 2.25. The second-order valence-electron chi connectivity index (χ2n) is 3.71. The zero-order valence-electron chi connectivity index (χ0n) is 7.99. The second-order valence-corrected chi connectivity index (χ2v) is 3.71. The zero-order chi connectivity index (χ0) is 9.97. The fourth-order valence-corrected chi connectivity index (χ4v) is 1.64. The summed E-state index contributed by atoms with van der Waals surface area (Å²) >= 11 is 0. The largest absolute Gasteiger partial charge is 0.294 e. The lowest BCUT2D eigenvalue weighted by molar-refractivity contribution is 0.0855. The van der Waals surface area contributed by atoms with Crippen LogP contribution in [0.3, 0.4) is 0 Å². The molecule has 0 heterocycles. The Labute approximate surface area is 84.1 Å². The van der Waals surface area contributed by atoms with Crippen molar-refractivity contribution in [1.29, 1.82) is 0 Å². The fraction of sp³-hybridized carbons (Fsp3) is 0.308. The molecule has 1 fully saturated rings. The minimum atomic E-state index is 0.270. The Morgan fingerprint density at radius 2 is 1.93 bits per heavy atom. The summed E-state index contributed by atoms with van der Waals surface area (Å²) in [6.07, 6.45) is 8.53. The molecule has 0 bridgehead atoms. The maximum atomic E-state index is 11.8. The first-order valence-electron chi connectivity index (χ1n) is 4.92. The van der Waals surface area contributed by atoms with Crippen LogP contribution in [0.4, 0.5) is 0 Å². The molecule has 1 heteroatoms. The van der Waals surface area contributed by atoms with Crippen molar-refractivity contribution < 1.29 is 4.79 Å². The molecule has 1 aromatic rings. The highest BCUT2D eigenvalue weighted by atomic mass is 16.1. The first-order chi connectivity index (χ1) is 6.81. The Morgan fingerprint density at radius 1 is 1.29 bits per heavy atom. The van der Waals surface area contributed by atoms with Gasteiger partial charge in [-0.15, -0.1) is 6.42 Å². The molecule has 0 amide bonds. The van der Waals surface area contributed by atoms with Crippen LogP contribution in [-0.4, -0.2) is 5.78 Å². The number of rotatable bonds is 2. The quantitative estimate of drug-likeness (QED) is 0.510. The lowest BCUT2D eigenvalue weighted by Crippen LogP contribution is -2.21. The Balaban J connectivity index is 2.16. The summed E-state index contributed by atoms with van der Waals surface area (Å²) in [5.74, 6) is 3.09. The maximum Gasteiger partial charge on any atom is 0.165 e. The number of hydrogen-bond acceptors (Lipinski definition) is 1. The van der Waals surface area contributed by atoms with Gasteiger partial charge in [-0.1, -0.05) is 24.5 Å². The first-order valence-corrected chi connectivity index (χ1v) is 4.92. The minimum Gasteiger partial charge on any atom is -0.294 e. The van der Waals surface area contributed by atoms with Crippen molar-refractivity contribution in [3.63, 3.8) is 0 Å². The highest BCUT2D eigenvalue weighted by Crippen LogP contribution is 2.29. The van der Waals surface area contributed by atoms with Crippen molar-refractivity contribution in [2.75, 3.05) is 0 Å². The Kier molecular flexibility index (Phi) is 2.37.